The van der Waals surface area contributed by atoms with Crippen molar-refractivity contribution in [1.29, 1.82) is 0 Å². The van der Waals surface area contributed by atoms with Crippen molar-refractivity contribution < 1.29 is 4.79 Å². The second-order valence-electron chi connectivity index (χ2n) is 6.66. The van der Waals surface area contributed by atoms with Gasteiger partial charge < -0.3 is 0 Å². The van der Waals surface area contributed by atoms with Gasteiger partial charge in [0.25, 0.3) is 5.91 Å². The summed E-state index contributed by atoms with van der Waals surface area (Å²) in [6, 6.07) is 14.0. The molecule has 0 atom stereocenters. The minimum Gasteiger partial charge on any atom is -0.298 e. The third-order valence-electron chi connectivity index (χ3n) is 4.46. The van der Waals surface area contributed by atoms with Crippen LogP contribution in [-0.2, 0) is 6.42 Å². The summed E-state index contributed by atoms with van der Waals surface area (Å²) >= 11 is 1.57. The fourth-order valence-electron chi connectivity index (χ4n) is 2.87. The second kappa shape index (κ2) is 7.83. The number of nitrogens with zero attached hydrogens (tertiary/aromatic N) is 1. The highest BCUT2D eigenvalue weighted by Gasteiger charge is 2.15. The summed E-state index contributed by atoms with van der Waals surface area (Å²) < 4.78 is 0. The lowest BCUT2D eigenvalue weighted by Crippen LogP contribution is -2.11. The van der Waals surface area contributed by atoms with Crippen LogP contribution in [0.2, 0.25) is 0 Å². The van der Waals surface area contributed by atoms with E-state index in [1.165, 1.54) is 16.0 Å². The Morgan fingerprint density at radius 3 is 2.58 bits per heavy atom. The van der Waals surface area contributed by atoms with Gasteiger partial charge in [-0.1, -0.05) is 43.2 Å². The highest BCUT2D eigenvalue weighted by atomic mass is 32.1. The van der Waals surface area contributed by atoms with Gasteiger partial charge in [0.15, 0.2) is 5.13 Å². The molecule has 3 aromatic rings. The number of nitrogens with one attached hydrogen (secondary N) is 1. The maximum absolute atomic E-state index is 12.5. The van der Waals surface area contributed by atoms with E-state index < -0.39 is 0 Å². The van der Waals surface area contributed by atoms with Crippen molar-refractivity contribution in [3.63, 3.8) is 0 Å². The first-order valence-corrected chi connectivity index (χ1v) is 9.75. The Morgan fingerprint density at radius 1 is 1.08 bits per heavy atom. The van der Waals surface area contributed by atoms with E-state index in [0.717, 1.165) is 29.7 Å². The van der Waals surface area contributed by atoms with Gasteiger partial charge in [0.1, 0.15) is 0 Å². The molecule has 0 bridgehead atoms. The lowest BCUT2D eigenvalue weighted by atomic mass is 10.0. The van der Waals surface area contributed by atoms with Crippen LogP contribution < -0.4 is 5.32 Å². The SMILES string of the molecule is CCCc1sc(NC(=O)c2cccc(C)c2)nc1-c1ccc(C)c(C)c1. The van der Waals surface area contributed by atoms with Crippen molar-refractivity contribution in [3.8, 4) is 11.3 Å². The first-order valence-electron chi connectivity index (χ1n) is 8.93. The number of benzene rings is 2. The van der Waals surface area contributed by atoms with Gasteiger partial charge in [-0.25, -0.2) is 4.98 Å². The molecule has 134 valence electrons. The molecule has 0 unspecified atom stereocenters. The van der Waals surface area contributed by atoms with E-state index in [4.69, 9.17) is 4.98 Å². The predicted molar refractivity (Wildman–Crippen MR) is 110 cm³/mol. The zero-order chi connectivity index (χ0) is 18.7. The molecule has 1 N–H and O–H groups in total. The molecule has 1 amide bonds. The van der Waals surface area contributed by atoms with E-state index in [1.54, 1.807) is 11.3 Å². The number of hydrogen-bond acceptors (Lipinski definition) is 3. The monoisotopic (exact) mass is 364 g/mol. The summed E-state index contributed by atoms with van der Waals surface area (Å²) in [5.74, 6) is -0.114. The Morgan fingerprint density at radius 2 is 1.88 bits per heavy atom. The maximum Gasteiger partial charge on any atom is 0.257 e. The molecule has 0 radical (unpaired) electrons. The second-order valence-corrected chi connectivity index (χ2v) is 7.75. The highest BCUT2D eigenvalue weighted by molar-refractivity contribution is 7.16. The molecule has 0 aliphatic carbocycles. The van der Waals surface area contributed by atoms with Crippen molar-refractivity contribution >= 4 is 22.4 Å². The fraction of sp³-hybridized carbons (Fsp3) is 0.273. The number of amides is 1. The molecule has 1 aromatic heterocycles. The number of carbonyl (C=O) groups excluding carboxylic acids is 1. The number of thiazole rings is 1. The van der Waals surface area contributed by atoms with E-state index in [-0.39, 0.29) is 5.91 Å². The number of aryl methyl sites for hydroxylation is 4. The van der Waals surface area contributed by atoms with Gasteiger partial charge in [-0.05, 0) is 56.5 Å². The maximum atomic E-state index is 12.5. The molecule has 2 aromatic carbocycles. The van der Waals surface area contributed by atoms with Crippen molar-refractivity contribution in [2.24, 2.45) is 0 Å². The molecule has 0 saturated heterocycles. The summed E-state index contributed by atoms with van der Waals surface area (Å²) in [6.07, 6.45) is 2.01. The zero-order valence-electron chi connectivity index (χ0n) is 15.7. The van der Waals surface area contributed by atoms with Crippen LogP contribution >= 0.6 is 11.3 Å². The normalized spacial score (nSPS) is 10.8. The first kappa shape index (κ1) is 18.3. The smallest absolute Gasteiger partial charge is 0.257 e. The lowest BCUT2D eigenvalue weighted by Gasteiger charge is -2.05. The quantitative estimate of drug-likeness (QED) is 0.609. The van der Waals surface area contributed by atoms with Crippen LogP contribution in [-0.4, -0.2) is 10.9 Å². The predicted octanol–water partition coefficient (Wildman–Crippen LogP) is 5.94. The van der Waals surface area contributed by atoms with Gasteiger partial charge in [0, 0.05) is 16.0 Å². The zero-order valence-corrected chi connectivity index (χ0v) is 16.5. The van der Waals surface area contributed by atoms with Gasteiger partial charge in [-0.15, -0.1) is 11.3 Å². The highest BCUT2D eigenvalue weighted by Crippen LogP contribution is 2.33. The third-order valence-corrected chi connectivity index (χ3v) is 5.49. The van der Waals surface area contributed by atoms with E-state index in [2.05, 4.69) is 44.3 Å². The van der Waals surface area contributed by atoms with E-state index in [0.29, 0.717) is 10.7 Å². The molecule has 26 heavy (non-hydrogen) atoms. The number of aromatic nitrogens is 1. The van der Waals surface area contributed by atoms with Gasteiger partial charge in [0.05, 0.1) is 5.69 Å². The Bertz CT molecular complexity index is 943. The molecule has 3 nitrogen and oxygen atoms in total. The van der Waals surface area contributed by atoms with Crippen LogP contribution in [0.15, 0.2) is 42.5 Å². The fourth-order valence-corrected chi connectivity index (χ4v) is 3.95. The average molecular weight is 365 g/mol. The summed E-state index contributed by atoms with van der Waals surface area (Å²) in [7, 11) is 0. The van der Waals surface area contributed by atoms with Crippen molar-refractivity contribution in [2.45, 2.75) is 40.5 Å². The van der Waals surface area contributed by atoms with Gasteiger partial charge >= 0.3 is 0 Å². The summed E-state index contributed by atoms with van der Waals surface area (Å²) in [6.45, 7) is 8.37. The molecule has 0 spiro atoms. The van der Waals surface area contributed by atoms with E-state index >= 15 is 0 Å². The Kier molecular flexibility index (Phi) is 5.52. The summed E-state index contributed by atoms with van der Waals surface area (Å²) in [4.78, 5) is 18.5. The van der Waals surface area contributed by atoms with Gasteiger partial charge in [-0.2, -0.15) is 0 Å². The number of anilines is 1. The Hall–Kier alpha value is -2.46. The van der Waals surface area contributed by atoms with Crippen LogP contribution in [0, 0.1) is 20.8 Å². The van der Waals surface area contributed by atoms with Crippen LogP contribution in [0.25, 0.3) is 11.3 Å². The Labute approximate surface area is 159 Å². The van der Waals surface area contributed by atoms with Gasteiger partial charge in [0.2, 0.25) is 0 Å². The Balaban J connectivity index is 1.91. The van der Waals surface area contributed by atoms with Crippen molar-refractivity contribution in [2.75, 3.05) is 5.32 Å². The summed E-state index contributed by atoms with van der Waals surface area (Å²) in [5.41, 5.74) is 6.35. The lowest BCUT2D eigenvalue weighted by molar-refractivity contribution is 0.102. The van der Waals surface area contributed by atoms with Crippen molar-refractivity contribution in [1.82, 2.24) is 4.98 Å². The van der Waals surface area contributed by atoms with Crippen LogP contribution in [0.1, 0.15) is 45.3 Å². The molecular weight excluding hydrogens is 340 g/mol. The molecular formula is C22H24N2OS. The molecule has 0 aliphatic heterocycles. The topological polar surface area (TPSA) is 42.0 Å². The number of rotatable bonds is 5. The minimum atomic E-state index is -0.114. The van der Waals surface area contributed by atoms with E-state index in [1.807, 2.05) is 31.2 Å². The molecule has 4 heteroatoms. The standard InChI is InChI=1S/C22H24N2OS/c1-5-7-19-20(17-11-10-15(3)16(4)13-17)23-22(26-19)24-21(25)18-9-6-8-14(2)12-18/h6,8-13H,5,7H2,1-4H3,(H,23,24,25). The van der Waals surface area contributed by atoms with Crippen LogP contribution in [0.4, 0.5) is 5.13 Å². The molecule has 3 rings (SSSR count). The largest absolute Gasteiger partial charge is 0.298 e. The minimum absolute atomic E-state index is 0.114. The van der Waals surface area contributed by atoms with Crippen LogP contribution in [0.3, 0.4) is 0 Å². The average Bonchev–Trinajstić information content (AvgIpc) is 3.00. The summed E-state index contributed by atoms with van der Waals surface area (Å²) in [5, 5.41) is 3.63. The number of carbonyl (C=O) groups is 1. The van der Waals surface area contributed by atoms with Crippen molar-refractivity contribution in [3.05, 3.63) is 69.6 Å². The first-order chi connectivity index (χ1) is 12.5. The van der Waals surface area contributed by atoms with Gasteiger partial charge in [-0.3, -0.25) is 10.1 Å². The van der Waals surface area contributed by atoms with E-state index in [9.17, 15) is 4.79 Å². The molecule has 1 heterocycles. The number of hydrogen-bond donors (Lipinski definition) is 1. The van der Waals surface area contributed by atoms with Crippen LogP contribution in [0.5, 0.6) is 0 Å². The third kappa shape index (κ3) is 4.02. The molecule has 0 fully saturated rings. The molecule has 0 aliphatic rings. The molecule has 0 saturated carbocycles.